The smallest absolute Gasteiger partial charge is 0.351 e. The van der Waals surface area contributed by atoms with Crippen molar-refractivity contribution in [3.63, 3.8) is 0 Å². The maximum absolute atomic E-state index is 13.8. The number of carbonyl (C=O) groups excluding carboxylic acids is 1. The molecule has 0 unspecified atom stereocenters. The number of hydrogen-bond acceptors (Lipinski definition) is 5. The van der Waals surface area contributed by atoms with E-state index in [0.717, 1.165) is 28.1 Å². The van der Waals surface area contributed by atoms with Crippen molar-refractivity contribution in [1.29, 1.82) is 0 Å². The summed E-state index contributed by atoms with van der Waals surface area (Å²) in [7, 11) is 0. The van der Waals surface area contributed by atoms with Crippen LogP contribution in [0, 0.1) is 6.92 Å². The standard InChI is InChI=1S/C22H19ClF6N6OS/c1-3-12-5-6-15(37-12)13-9-16(21(24,25)26)35-17(31-13)10-14(32-35)20(36)30-7-4-8-34-11(2)18(23)19(33-34)22(27,28)29/h5-6,9-10H,3-4,7-8H2,1-2H3,(H,30,36). The molecule has 0 atom stereocenters. The highest BCUT2D eigenvalue weighted by Gasteiger charge is 2.38. The van der Waals surface area contributed by atoms with E-state index in [1.54, 1.807) is 6.07 Å². The number of rotatable bonds is 7. The topological polar surface area (TPSA) is 77.1 Å². The molecular formula is C22H19ClF6N6OS. The molecule has 0 saturated carbocycles. The number of thiophene rings is 1. The zero-order valence-electron chi connectivity index (χ0n) is 19.3. The second-order valence-corrected chi connectivity index (χ2v) is 9.57. The van der Waals surface area contributed by atoms with Crippen LogP contribution in [0.15, 0.2) is 24.3 Å². The Morgan fingerprint density at radius 2 is 1.84 bits per heavy atom. The molecule has 1 N–H and O–H groups in total. The number of alkyl halides is 6. The number of aryl methyl sites for hydroxylation is 2. The summed E-state index contributed by atoms with van der Waals surface area (Å²) in [6, 6.07) is 5.55. The lowest BCUT2D eigenvalue weighted by molar-refractivity contribution is -0.143. The molecule has 0 aliphatic carbocycles. The summed E-state index contributed by atoms with van der Waals surface area (Å²) in [5.74, 6) is -0.754. The summed E-state index contributed by atoms with van der Waals surface area (Å²) in [5.41, 5.74) is -2.47. The summed E-state index contributed by atoms with van der Waals surface area (Å²) in [6.07, 6.45) is -8.54. The Kier molecular flexibility index (Phi) is 7.25. The molecule has 1 amide bonds. The van der Waals surface area contributed by atoms with Crippen molar-refractivity contribution in [2.75, 3.05) is 6.54 Å². The number of nitrogens with zero attached hydrogens (tertiary/aromatic N) is 5. The van der Waals surface area contributed by atoms with E-state index in [4.69, 9.17) is 11.6 Å². The minimum Gasteiger partial charge on any atom is -0.351 e. The molecule has 4 rings (SSSR count). The molecule has 7 nitrogen and oxygen atoms in total. The van der Waals surface area contributed by atoms with E-state index in [9.17, 15) is 31.1 Å². The Labute approximate surface area is 215 Å². The van der Waals surface area contributed by atoms with Gasteiger partial charge in [0.2, 0.25) is 0 Å². The number of nitrogens with one attached hydrogen (secondary N) is 1. The molecule has 0 fully saturated rings. The molecule has 4 aromatic rings. The minimum atomic E-state index is -4.75. The third-order valence-electron chi connectivity index (χ3n) is 5.45. The number of hydrogen-bond donors (Lipinski definition) is 1. The maximum atomic E-state index is 13.8. The third-order valence-corrected chi connectivity index (χ3v) is 7.15. The van der Waals surface area contributed by atoms with Crippen molar-refractivity contribution < 1.29 is 31.1 Å². The first-order valence-corrected chi connectivity index (χ1v) is 12.1. The van der Waals surface area contributed by atoms with E-state index in [1.165, 1.54) is 18.3 Å². The fraction of sp³-hybridized carbons (Fsp3) is 0.364. The van der Waals surface area contributed by atoms with Crippen LogP contribution in [-0.4, -0.2) is 36.8 Å². The second kappa shape index (κ2) is 9.97. The van der Waals surface area contributed by atoms with Crippen molar-refractivity contribution in [3.05, 3.63) is 56.9 Å². The van der Waals surface area contributed by atoms with Crippen LogP contribution in [0.3, 0.4) is 0 Å². The van der Waals surface area contributed by atoms with Crippen molar-refractivity contribution in [1.82, 2.24) is 29.7 Å². The van der Waals surface area contributed by atoms with Crippen molar-refractivity contribution in [3.8, 4) is 10.6 Å². The Morgan fingerprint density at radius 3 is 2.43 bits per heavy atom. The number of halogens is 7. The lowest BCUT2D eigenvalue weighted by Gasteiger charge is -2.10. The number of amides is 1. The molecule has 4 aromatic heterocycles. The normalized spacial score (nSPS) is 12.5. The zero-order valence-corrected chi connectivity index (χ0v) is 20.9. The Balaban J connectivity index is 1.50. The first-order valence-electron chi connectivity index (χ1n) is 10.9. The van der Waals surface area contributed by atoms with Crippen LogP contribution in [0.2, 0.25) is 5.02 Å². The Morgan fingerprint density at radius 1 is 1.11 bits per heavy atom. The second-order valence-electron chi connectivity index (χ2n) is 8.02. The Hall–Kier alpha value is -3.13. The van der Waals surface area contributed by atoms with Crippen LogP contribution in [0.4, 0.5) is 26.3 Å². The lowest BCUT2D eigenvalue weighted by Crippen LogP contribution is -2.26. The van der Waals surface area contributed by atoms with Crippen molar-refractivity contribution in [2.45, 2.75) is 45.6 Å². The van der Waals surface area contributed by atoms with Gasteiger partial charge in [-0.1, -0.05) is 18.5 Å². The summed E-state index contributed by atoms with van der Waals surface area (Å²) in [4.78, 5) is 18.4. The monoisotopic (exact) mass is 564 g/mol. The quantitative estimate of drug-likeness (QED) is 0.219. The van der Waals surface area contributed by atoms with Gasteiger partial charge in [0.25, 0.3) is 5.91 Å². The van der Waals surface area contributed by atoms with E-state index in [1.807, 2.05) is 13.0 Å². The molecule has 198 valence electrons. The highest BCUT2D eigenvalue weighted by molar-refractivity contribution is 7.15. The van der Waals surface area contributed by atoms with Crippen molar-refractivity contribution in [2.24, 2.45) is 0 Å². The summed E-state index contributed by atoms with van der Waals surface area (Å²) < 4.78 is 81.8. The first-order chi connectivity index (χ1) is 17.3. The van der Waals surface area contributed by atoms with E-state index in [2.05, 4.69) is 20.5 Å². The van der Waals surface area contributed by atoms with Gasteiger partial charge in [-0.2, -0.15) is 36.5 Å². The predicted molar refractivity (Wildman–Crippen MR) is 125 cm³/mol. The highest BCUT2D eigenvalue weighted by atomic mass is 35.5. The minimum absolute atomic E-state index is 0.00473. The van der Waals surface area contributed by atoms with Gasteiger partial charge >= 0.3 is 12.4 Å². The molecule has 0 aliphatic heterocycles. The summed E-state index contributed by atoms with van der Waals surface area (Å²) >= 11 is 7.04. The summed E-state index contributed by atoms with van der Waals surface area (Å²) in [6.45, 7) is 3.35. The Bertz CT molecular complexity index is 1450. The SMILES string of the molecule is CCc1ccc(-c2cc(C(F)(F)F)n3nc(C(=O)NCCCn4nc(C(F)(F)F)c(Cl)c4C)cc3n2)s1. The van der Waals surface area contributed by atoms with Crippen LogP contribution in [0.1, 0.15) is 45.8 Å². The fourth-order valence-corrected chi connectivity index (χ4v) is 4.71. The van der Waals surface area contributed by atoms with Gasteiger partial charge in [-0.25, -0.2) is 9.50 Å². The van der Waals surface area contributed by atoms with E-state index >= 15 is 0 Å². The van der Waals surface area contributed by atoms with Gasteiger partial charge in [-0.05, 0) is 38.0 Å². The average molecular weight is 565 g/mol. The average Bonchev–Trinajstić information content (AvgIpc) is 3.53. The van der Waals surface area contributed by atoms with Crippen LogP contribution >= 0.6 is 22.9 Å². The van der Waals surface area contributed by atoms with E-state index in [0.29, 0.717) is 9.39 Å². The number of aromatic nitrogens is 5. The molecule has 0 spiro atoms. The van der Waals surface area contributed by atoms with E-state index < -0.39 is 34.7 Å². The third kappa shape index (κ3) is 5.59. The van der Waals surface area contributed by atoms with Gasteiger partial charge in [0.1, 0.15) is 0 Å². The predicted octanol–water partition coefficient (Wildman–Crippen LogP) is 6.04. The summed E-state index contributed by atoms with van der Waals surface area (Å²) in [5, 5.41) is 9.27. The zero-order chi connectivity index (χ0) is 27.1. The molecular weight excluding hydrogens is 546 g/mol. The molecule has 4 heterocycles. The number of carbonyl (C=O) groups is 1. The molecule has 0 radical (unpaired) electrons. The highest BCUT2D eigenvalue weighted by Crippen LogP contribution is 2.36. The molecule has 15 heteroatoms. The largest absolute Gasteiger partial charge is 0.436 e. The van der Waals surface area contributed by atoms with E-state index in [-0.39, 0.29) is 42.2 Å². The van der Waals surface area contributed by atoms with Crippen molar-refractivity contribution >= 4 is 34.5 Å². The van der Waals surface area contributed by atoms with Gasteiger partial charge in [0.05, 0.1) is 21.3 Å². The fourth-order valence-electron chi connectivity index (χ4n) is 3.56. The van der Waals surface area contributed by atoms with Gasteiger partial charge in [0.15, 0.2) is 22.7 Å². The molecule has 0 aliphatic rings. The number of fused-ring (bicyclic) bond motifs is 1. The van der Waals surface area contributed by atoms with Gasteiger partial charge in [-0.15, -0.1) is 11.3 Å². The van der Waals surface area contributed by atoms with Crippen LogP contribution in [-0.2, 0) is 25.3 Å². The first kappa shape index (κ1) is 26.9. The van der Waals surface area contributed by atoms with Crippen LogP contribution < -0.4 is 5.32 Å². The van der Waals surface area contributed by atoms with Crippen LogP contribution in [0.25, 0.3) is 16.2 Å². The lowest BCUT2D eigenvalue weighted by atomic mass is 10.2. The van der Waals surface area contributed by atoms with Gasteiger partial charge in [-0.3, -0.25) is 9.48 Å². The molecule has 37 heavy (non-hydrogen) atoms. The molecule has 0 saturated heterocycles. The van der Waals surface area contributed by atoms with Crippen LogP contribution in [0.5, 0.6) is 0 Å². The van der Waals surface area contributed by atoms with Gasteiger partial charge < -0.3 is 5.32 Å². The molecule has 0 aromatic carbocycles. The van der Waals surface area contributed by atoms with Gasteiger partial charge in [0, 0.05) is 24.0 Å². The maximum Gasteiger partial charge on any atom is 0.436 e. The molecule has 0 bridgehead atoms.